The van der Waals surface area contributed by atoms with E-state index in [1.807, 2.05) is 6.07 Å². The van der Waals surface area contributed by atoms with Gasteiger partial charge in [0.1, 0.15) is 16.7 Å². The monoisotopic (exact) mass is 348 g/mol. The normalized spacial score (nSPS) is 21.4. The van der Waals surface area contributed by atoms with E-state index in [9.17, 15) is 9.36 Å². The molecule has 0 aliphatic carbocycles. The Bertz CT molecular complexity index is 547. The zero-order chi connectivity index (χ0) is 16.2. The molecule has 0 spiro atoms. The Hall–Kier alpha value is -0.750. The maximum atomic E-state index is 13.2. The summed E-state index contributed by atoms with van der Waals surface area (Å²) in [6.45, 7) is 5.94. The van der Waals surface area contributed by atoms with Gasteiger partial charge in [-0.1, -0.05) is 0 Å². The average molecular weight is 348 g/mol. The van der Waals surface area contributed by atoms with Gasteiger partial charge in [-0.25, -0.2) is 0 Å². The Morgan fingerprint density at radius 2 is 2.00 bits per heavy atom. The Morgan fingerprint density at radius 3 is 2.59 bits per heavy atom. The highest BCUT2D eigenvalue weighted by atomic mass is 32.2. The maximum absolute atomic E-state index is 13.2. The third kappa shape index (κ3) is 3.43. The standard InChI is InChI=1S/C14H21O6PS/c1-4-17-14(15)13-12(21(16,19-5-2)20-6-3)11-10(9-22-13)7-8-18-11/h7-8,12-13H,4-6,9H2,1-3H3. The van der Waals surface area contributed by atoms with Crippen LogP contribution < -0.4 is 0 Å². The summed E-state index contributed by atoms with van der Waals surface area (Å²) in [5, 5.41) is -0.664. The van der Waals surface area contributed by atoms with Gasteiger partial charge in [0.25, 0.3) is 0 Å². The molecule has 2 unspecified atom stereocenters. The van der Waals surface area contributed by atoms with E-state index in [0.717, 1.165) is 5.56 Å². The molecule has 0 radical (unpaired) electrons. The summed E-state index contributed by atoms with van der Waals surface area (Å²) < 4.78 is 34.7. The summed E-state index contributed by atoms with van der Waals surface area (Å²) >= 11 is 1.38. The molecule has 0 saturated carbocycles. The number of carbonyl (C=O) groups excluding carboxylic acids is 1. The SMILES string of the molecule is CCOC(=O)C1SCc2ccoc2C1P(=O)(OCC)OCC. The maximum Gasteiger partial charge on any atom is 0.343 e. The van der Waals surface area contributed by atoms with Gasteiger partial charge in [-0.05, 0) is 26.8 Å². The highest BCUT2D eigenvalue weighted by molar-refractivity contribution is 8.00. The summed E-state index contributed by atoms with van der Waals surface area (Å²) in [5.41, 5.74) is 0.130. The molecule has 124 valence electrons. The van der Waals surface area contributed by atoms with Gasteiger partial charge in [-0.3, -0.25) is 9.36 Å². The molecule has 0 aromatic carbocycles. The fourth-order valence-corrected chi connectivity index (χ4v) is 6.32. The Morgan fingerprint density at radius 1 is 1.32 bits per heavy atom. The molecule has 22 heavy (non-hydrogen) atoms. The third-order valence-electron chi connectivity index (χ3n) is 3.23. The summed E-state index contributed by atoms with van der Waals surface area (Å²) in [6.07, 6.45) is 1.54. The lowest BCUT2D eigenvalue weighted by Gasteiger charge is -2.32. The van der Waals surface area contributed by atoms with Crippen molar-refractivity contribution in [2.24, 2.45) is 0 Å². The molecule has 1 aromatic rings. The molecule has 0 fully saturated rings. The van der Waals surface area contributed by atoms with Crippen molar-refractivity contribution in [2.75, 3.05) is 19.8 Å². The van der Waals surface area contributed by atoms with E-state index in [4.69, 9.17) is 18.2 Å². The first-order chi connectivity index (χ1) is 10.6. The highest BCUT2D eigenvalue weighted by Crippen LogP contribution is 2.66. The van der Waals surface area contributed by atoms with Gasteiger partial charge in [-0.2, -0.15) is 0 Å². The number of rotatable bonds is 7. The minimum Gasteiger partial charge on any atom is -0.468 e. The second-order valence-electron chi connectivity index (χ2n) is 4.61. The lowest BCUT2D eigenvalue weighted by molar-refractivity contribution is -0.142. The zero-order valence-corrected chi connectivity index (χ0v) is 14.7. The van der Waals surface area contributed by atoms with E-state index >= 15 is 0 Å². The van der Waals surface area contributed by atoms with Crippen LogP contribution in [0.2, 0.25) is 0 Å². The molecule has 0 saturated heterocycles. The summed E-state index contributed by atoms with van der Waals surface area (Å²) in [7, 11) is -3.54. The zero-order valence-electron chi connectivity index (χ0n) is 12.9. The fraction of sp³-hybridized carbons (Fsp3) is 0.643. The molecule has 2 heterocycles. The Kier molecular flexibility index (Phi) is 6.15. The van der Waals surface area contributed by atoms with Crippen molar-refractivity contribution >= 4 is 25.3 Å². The molecular weight excluding hydrogens is 327 g/mol. The summed E-state index contributed by atoms with van der Waals surface area (Å²) in [4.78, 5) is 12.3. The first kappa shape index (κ1) is 17.6. The van der Waals surface area contributed by atoms with Gasteiger partial charge in [0, 0.05) is 11.3 Å². The van der Waals surface area contributed by atoms with Gasteiger partial charge in [0.15, 0.2) is 0 Å². The van der Waals surface area contributed by atoms with Crippen LogP contribution in [0.15, 0.2) is 16.7 Å². The van der Waals surface area contributed by atoms with Crippen LogP contribution in [0.4, 0.5) is 0 Å². The number of fused-ring (bicyclic) bond motifs is 1. The van der Waals surface area contributed by atoms with E-state index in [0.29, 0.717) is 11.5 Å². The quantitative estimate of drug-likeness (QED) is 0.548. The lowest BCUT2D eigenvalue weighted by Crippen LogP contribution is -2.31. The molecule has 0 bridgehead atoms. The minimum atomic E-state index is -3.54. The Labute approximate surface area is 134 Å². The van der Waals surface area contributed by atoms with E-state index in [1.54, 1.807) is 20.8 Å². The van der Waals surface area contributed by atoms with Crippen LogP contribution in [0.3, 0.4) is 0 Å². The Balaban J connectivity index is 2.44. The van der Waals surface area contributed by atoms with Gasteiger partial charge in [-0.15, -0.1) is 11.8 Å². The van der Waals surface area contributed by atoms with E-state index in [2.05, 4.69) is 0 Å². The number of esters is 1. The summed E-state index contributed by atoms with van der Waals surface area (Å²) in [5.74, 6) is 0.686. The smallest absolute Gasteiger partial charge is 0.343 e. The van der Waals surface area contributed by atoms with Crippen molar-refractivity contribution in [3.63, 3.8) is 0 Å². The third-order valence-corrected chi connectivity index (χ3v) is 7.19. The minimum absolute atomic E-state index is 0.226. The molecule has 0 N–H and O–H groups in total. The molecule has 1 aliphatic rings. The van der Waals surface area contributed by atoms with Crippen LogP contribution in [0.1, 0.15) is 37.8 Å². The topological polar surface area (TPSA) is 75.0 Å². The first-order valence-electron chi connectivity index (χ1n) is 7.30. The number of hydrogen-bond donors (Lipinski definition) is 0. The number of furan rings is 1. The van der Waals surface area contributed by atoms with Crippen LogP contribution in [0.5, 0.6) is 0 Å². The van der Waals surface area contributed by atoms with E-state index in [-0.39, 0.29) is 19.8 Å². The van der Waals surface area contributed by atoms with Crippen molar-refractivity contribution in [2.45, 2.75) is 37.4 Å². The van der Waals surface area contributed by atoms with Crippen molar-refractivity contribution in [1.29, 1.82) is 0 Å². The molecule has 6 nitrogen and oxygen atoms in total. The molecule has 2 rings (SSSR count). The van der Waals surface area contributed by atoms with E-state index in [1.165, 1.54) is 18.0 Å². The second kappa shape index (κ2) is 7.68. The molecule has 2 atom stereocenters. The van der Waals surface area contributed by atoms with Crippen molar-refractivity contribution in [3.05, 3.63) is 23.7 Å². The van der Waals surface area contributed by atoms with Crippen LogP contribution >= 0.6 is 19.4 Å². The highest BCUT2D eigenvalue weighted by Gasteiger charge is 2.51. The number of carbonyl (C=O) groups is 1. The predicted octanol–water partition coefficient (Wildman–Crippen LogP) is 3.77. The van der Waals surface area contributed by atoms with Crippen LogP contribution in [0, 0.1) is 0 Å². The predicted molar refractivity (Wildman–Crippen MR) is 84.0 cm³/mol. The summed E-state index contributed by atoms with van der Waals surface area (Å²) in [6, 6.07) is 1.82. The van der Waals surface area contributed by atoms with Crippen molar-refractivity contribution in [1.82, 2.24) is 0 Å². The number of ether oxygens (including phenoxy) is 1. The van der Waals surface area contributed by atoms with Crippen LogP contribution in [-0.2, 0) is 28.9 Å². The molecule has 8 heteroatoms. The molecule has 0 amide bonds. The first-order valence-corrected chi connectivity index (χ1v) is 9.96. The van der Waals surface area contributed by atoms with Gasteiger partial charge in [0.05, 0.1) is 26.1 Å². The van der Waals surface area contributed by atoms with Crippen molar-refractivity contribution < 1.29 is 27.6 Å². The van der Waals surface area contributed by atoms with Gasteiger partial charge >= 0.3 is 13.6 Å². The number of thioether (sulfide) groups is 1. The largest absolute Gasteiger partial charge is 0.468 e. The van der Waals surface area contributed by atoms with Gasteiger partial charge < -0.3 is 18.2 Å². The van der Waals surface area contributed by atoms with E-state index < -0.39 is 24.5 Å². The lowest BCUT2D eigenvalue weighted by atomic mass is 10.1. The van der Waals surface area contributed by atoms with Crippen molar-refractivity contribution in [3.8, 4) is 0 Å². The molecule has 1 aromatic heterocycles. The van der Waals surface area contributed by atoms with Crippen LogP contribution in [-0.4, -0.2) is 31.0 Å². The fourth-order valence-electron chi connectivity index (χ4n) is 2.42. The van der Waals surface area contributed by atoms with Crippen LogP contribution in [0.25, 0.3) is 0 Å². The molecular formula is C14H21O6PS. The van der Waals surface area contributed by atoms with Gasteiger partial charge in [0.2, 0.25) is 0 Å². The average Bonchev–Trinajstić information content (AvgIpc) is 2.95. The number of hydrogen-bond acceptors (Lipinski definition) is 7. The molecule has 1 aliphatic heterocycles. The second-order valence-corrected chi connectivity index (χ2v) is 7.90.